The van der Waals surface area contributed by atoms with Gasteiger partial charge >= 0.3 is 11.9 Å². The Kier molecular flexibility index (Phi) is 6.12. The van der Waals surface area contributed by atoms with E-state index in [0.29, 0.717) is 0 Å². The highest BCUT2D eigenvalue weighted by atomic mass is 16.7. The third-order valence-electron chi connectivity index (χ3n) is 2.68. The van der Waals surface area contributed by atoms with Crippen LogP contribution in [0.15, 0.2) is 41.1 Å². The van der Waals surface area contributed by atoms with Crippen molar-refractivity contribution in [2.75, 3.05) is 28.2 Å². The number of carbonyl (C=O) groups is 2. The van der Waals surface area contributed by atoms with Crippen molar-refractivity contribution in [3.63, 3.8) is 0 Å². The van der Waals surface area contributed by atoms with E-state index in [0.717, 1.165) is 5.96 Å². The largest absolute Gasteiger partial charge is 0.419 e. The molecule has 0 aliphatic carbocycles. The molecule has 23 heavy (non-hydrogen) atoms. The second kappa shape index (κ2) is 7.62. The zero-order valence-electron chi connectivity index (χ0n) is 14.4. The van der Waals surface area contributed by atoms with Gasteiger partial charge in [0.2, 0.25) is 0 Å². The molecule has 7 heteroatoms. The number of cyclic esters (lactones) is 2. The number of esters is 2. The molecule has 0 saturated carbocycles. The monoisotopic (exact) mass is 321 g/mol. The number of hydrogen-bond donors (Lipinski definition) is 0. The summed E-state index contributed by atoms with van der Waals surface area (Å²) in [6, 6.07) is 0. The average molecular weight is 321 g/mol. The van der Waals surface area contributed by atoms with E-state index in [-0.39, 0.29) is 5.57 Å². The van der Waals surface area contributed by atoms with Gasteiger partial charge in [-0.05, 0) is 12.2 Å². The lowest BCUT2D eigenvalue weighted by molar-refractivity contribution is -0.222. The molecule has 0 bridgehead atoms. The average Bonchev–Trinajstić information content (AvgIpc) is 2.37. The van der Waals surface area contributed by atoms with E-state index in [1.54, 1.807) is 24.4 Å². The van der Waals surface area contributed by atoms with Crippen LogP contribution in [0.3, 0.4) is 0 Å². The van der Waals surface area contributed by atoms with Crippen LogP contribution in [0.25, 0.3) is 0 Å². The van der Waals surface area contributed by atoms with Crippen LogP contribution in [0.5, 0.6) is 0 Å². The van der Waals surface area contributed by atoms with E-state index in [9.17, 15) is 9.59 Å². The lowest BCUT2D eigenvalue weighted by atomic mass is 10.2. The van der Waals surface area contributed by atoms with Gasteiger partial charge in [-0.3, -0.25) is 0 Å². The van der Waals surface area contributed by atoms with Gasteiger partial charge in [0, 0.05) is 48.2 Å². The summed E-state index contributed by atoms with van der Waals surface area (Å²) < 4.78 is 9.97. The number of rotatable bonds is 3. The SMILES string of the molecule is CN(C)C(=N/C=C/C=C/C=C1C(=O)OC(C)(C)OC1=O)N(C)C. The maximum atomic E-state index is 11.7. The topological polar surface area (TPSA) is 71.4 Å². The maximum Gasteiger partial charge on any atom is 0.348 e. The predicted molar refractivity (Wildman–Crippen MR) is 87.4 cm³/mol. The number of ether oxygens (including phenoxy) is 2. The fraction of sp³-hybridized carbons (Fsp3) is 0.438. The molecule has 7 nitrogen and oxygen atoms in total. The molecule has 1 rings (SSSR count). The van der Waals surface area contributed by atoms with Gasteiger partial charge in [0.15, 0.2) is 5.96 Å². The minimum Gasteiger partial charge on any atom is -0.419 e. The first-order valence-corrected chi connectivity index (χ1v) is 7.06. The van der Waals surface area contributed by atoms with E-state index in [1.165, 1.54) is 19.9 Å². The molecule has 0 aromatic rings. The summed E-state index contributed by atoms with van der Waals surface area (Å²) in [5.74, 6) is -1.83. The zero-order valence-corrected chi connectivity index (χ0v) is 14.4. The molecular weight excluding hydrogens is 298 g/mol. The Balaban J connectivity index is 2.72. The van der Waals surface area contributed by atoms with E-state index < -0.39 is 17.7 Å². The van der Waals surface area contributed by atoms with Crippen LogP contribution in [-0.4, -0.2) is 61.7 Å². The molecule has 0 N–H and O–H groups in total. The number of hydrogen-bond acceptors (Lipinski definition) is 5. The highest BCUT2D eigenvalue weighted by molar-refractivity contribution is 6.15. The Morgan fingerprint density at radius 3 is 1.96 bits per heavy atom. The number of nitrogens with zero attached hydrogens (tertiary/aromatic N) is 3. The molecule has 0 atom stereocenters. The van der Waals surface area contributed by atoms with Crippen molar-refractivity contribution in [3.05, 3.63) is 36.1 Å². The summed E-state index contributed by atoms with van der Waals surface area (Å²) in [7, 11) is 7.59. The predicted octanol–water partition coefficient (Wildman–Crippen LogP) is 1.30. The van der Waals surface area contributed by atoms with Crippen LogP contribution in [0.1, 0.15) is 13.8 Å². The van der Waals surface area contributed by atoms with Gasteiger partial charge < -0.3 is 19.3 Å². The van der Waals surface area contributed by atoms with E-state index in [1.807, 2.05) is 38.0 Å². The van der Waals surface area contributed by atoms with Crippen molar-refractivity contribution < 1.29 is 19.1 Å². The van der Waals surface area contributed by atoms with Crippen LogP contribution in [0.2, 0.25) is 0 Å². The Labute approximate surface area is 136 Å². The molecule has 0 aromatic heterocycles. The van der Waals surface area contributed by atoms with Crippen LogP contribution in [0.4, 0.5) is 0 Å². The number of aliphatic imine (C=N–C) groups is 1. The number of guanidine groups is 1. The molecular formula is C16H23N3O4. The van der Waals surface area contributed by atoms with Crippen LogP contribution < -0.4 is 0 Å². The molecule has 1 aliphatic heterocycles. The summed E-state index contributed by atoms with van der Waals surface area (Å²) in [6.45, 7) is 3.01. The van der Waals surface area contributed by atoms with Crippen LogP contribution >= 0.6 is 0 Å². The Bertz CT molecular complexity index is 552. The minimum atomic E-state index is -1.22. The number of allylic oxidation sites excluding steroid dienone is 4. The van der Waals surface area contributed by atoms with Crippen molar-refractivity contribution >= 4 is 17.9 Å². The Hall–Kier alpha value is -2.57. The second-order valence-electron chi connectivity index (χ2n) is 5.70. The maximum absolute atomic E-state index is 11.7. The number of carbonyl (C=O) groups excluding carboxylic acids is 2. The Morgan fingerprint density at radius 1 is 0.957 bits per heavy atom. The van der Waals surface area contributed by atoms with Crippen molar-refractivity contribution in [1.29, 1.82) is 0 Å². The van der Waals surface area contributed by atoms with E-state index in [2.05, 4.69) is 4.99 Å². The van der Waals surface area contributed by atoms with Gasteiger partial charge in [-0.2, -0.15) is 0 Å². The molecule has 126 valence electrons. The van der Waals surface area contributed by atoms with Gasteiger partial charge in [-0.25, -0.2) is 14.6 Å². The fourth-order valence-corrected chi connectivity index (χ4v) is 1.80. The molecule has 1 aliphatic rings. The van der Waals surface area contributed by atoms with Crippen molar-refractivity contribution in [2.24, 2.45) is 4.99 Å². The first kappa shape index (κ1) is 18.5. The molecule has 0 spiro atoms. The van der Waals surface area contributed by atoms with Crippen LogP contribution in [0, 0.1) is 0 Å². The van der Waals surface area contributed by atoms with Gasteiger partial charge in [0.25, 0.3) is 5.79 Å². The molecule has 1 saturated heterocycles. The zero-order chi connectivity index (χ0) is 17.6. The van der Waals surface area contributed by atoms with Crippen LogP contribution in [-0.2, 0) is 19.1 Å². The third-order valence-corrected chi connectivity index (χ3v) is 2.68. The van der Waals surface area contributed by atoms with Gasteiger partial charge in [0.1, 0.15) is 5.57 Å². The first-order valence-electron chi connectivity index (χ1n) is 7.06. The molecule has 0 amide bonds. The summed E-state index contributed by atoms with van der Waals surface area (Å²) >= 11 is 0. The molecule has 0 aromatic carbocycles. The highest BCUT2D eigenvalue weighted by Crippen LogP contribution is 2.22. The Morgan fingerprint density at radius 2 is 1.48 bits per heavy atom. The van der Waals surface area contributed by atoms with Crippen molar-refractivity contribution in [3.8, 4) is 0 Å². The highest BCUT2D eigenvalue weighted by Gasteiger charge is 2.38. The lowest BCUT2D eigenvalue weighted by Crippen LogP contribution is -2.41. The third kappa shape index (κ3) is 5.61. The molecule has 0 radical (unpaired) electrons. The van der Waals surface area contributed by atoms with E-state index in [4.69, 9.17) is 9.47 Å². The smallest absolute Gasteiger partial charge is 0.348 e. The van der Waals surface area contributed by atoms with Gasteiger partial charge in [-0.15, -0.1) is 0 Å². The van der Waals surface area contributed by atoms with Gasteiger partial charge in [-0.1, -0.05) is 12.2 Å². The standard InChI is InChI=1S/C16H23N3O4/c1-16(2)22-13(20)12(14(21)23-16)10-8-7-9-11-17-15(18(3)4)19(5)6/h7-11H,1-6H3/b8-7+,11-9+. The molecule has 0 unspecified atom stereocenters. The van der Waals surface area contributed by atoms with E-state index >= 15 is 0 Å². The summed E-state index contributed by atoms with van der Waals surface area (Å²) in [6.07, 6.45) is 7.86. The summed E-state index contributed by atoms with van der Waals surface area (Å²) in [5.41, 5.74) is -0.139. The fourth-order valence-electron chi connectivity index (χ4n) is 1.80. The summed E-state index contributed by atoms with van der Waals surface area (Å²) in [5, 5.41) is 0. The van der Waals surface area contributed by atoms with Crippen molar-refractivity contribution in [2.45, 2.75) is 19.6 Å². The molecule has 1 heterocycles. The lowest BCUT2D eigenvalue weighted by Gasteiger charge is -2.29. The quantitative estimate of drug-likeness (QED) is 0.195. The second-order valence-corrected chi connectivity index (χ2v) is 5.70. The van der Waals surface area contributed by atoms with Gasteiger partial charge in [0.05, 0.1) is 0 Å². The van der Waals surface area contributed by atoms with Crippen molar-refractivity contribution in [1.82, 2.24) is 9.80 Å². The normalized spacial score (nSPS) is 17.0. The molecule has 1 fully saturated rings. The first-order chi connectivity index (χ1) is 10.6. The minimum absolute atomic E-state index is 0.139. The summed E-state index contributed by atoms with van der Waals surface area (Å²) in [4.78, 5) is 31.5.